The van der Waals surface area contributed by atoms with E-state index in [-0.39, 0.29) is 29.8 Å². The van der Waals surface area contributed by atoms with Crippen molar-refractivity contribution >= 4 is 28.9 Å². The second-order valence-corrected chi connectivity index (χ2v) is 12.1. The van der Waals surface area contributed by atoms with E-state index in [2.05, 4.69) is 4.90 Å². The molecule has 1 fully saturated rings. The maximum Gasteiger partial charge on any atom is 0.262 e. The lowest BCUT2D eigenvalue weighted by atomic mass is 9.91. The van der Waals surface area contributed by atoms with Gasteiger partial charge in [0.25, 0.3) is 5.91 Å². The molecule has 4 rings (SSSR count). The summed E-state index contributed by atoms with van der Waals surface area (Å²) < 4.78 is 16.4. The third-order valence-corrected chi connectivity index (χ3v) is 7.83. The van der Waals surface area contributed by atoms with Gasteiger partial charge in [-0.1, -0.05) is 32.9 Å². The average Bonchev–Trinajstić information content (AvgIpc) is 3.60. The van der Waals surface area contributed by atoms with E-state index in [1.165, 1.54) is 0 Å². The summed E-state index contributed by atoms with van der Waals surface area (Å²) in [7, 11) is 3.20. The monoisotopic (exact) mass is 556 g/mol. The van der Waals surface area contributed by atoms with E-state index in [0.717, 1.165) is 29.2 Å². The van der Waals surface area contributed by atoms with Gasteiger partial charge in [-0.25, -0.2) is 5.01 Å². The van der Waals surface area contributed by atoms with Gasteiger partial charge in [-0.05, 0) is 34.6 Å². The van der Waals surface area contributed by atoms with Crippen molar-refractivity contribution < 1.29 is 23.8 Å². The van der Waals surface area contributed by atoms with Gasteiger partial charge >= 0.3 is 0 Å². The van der Waals surface area contributed by atoms with Crippen LogP contribution in [0.3, 0.4) is 0 Å². The molecule has 0 saturated carbocycles. The van der Waals surface area contributed by atoms with Gasteiger partial charge in [-0.3, -0.25) is 14.5 Å². The summed E-state index contributed by atoms with van der Waals surface area (Å²) in [5.41, 5.74) is 1.58. The molecule has 0 bridgehead atoms. The van der Waals surface area contributed by atoms with Crippen LogP contribution in [-0.2, 0) is 14.3 Å². The lowest BCUT2D eigenvalue weighted by molar-refractivity contribution is -0.142. The Morgan fingerprint density at radius 3 is 2.51 bits per heavy atom. The van der Waals surface area contributed by atoms with E-state index in [0.29, 0.717) is 50.6 Å². The first kappa shape index (κ1) is 29.0. The molecular weight excluding hydrogens is 516 g/mol. The smallest absolute Gasteiger partial charge is 0.262 e. The van der Waals surface area contributed by atoms with Crippen molar-refractivity contribution in [3.8, 4) is 11.5 Å². The van der Waals surface area contributed by atoms with Crippen molar-refractivity contribution in [3.63, 3.8) is 0 Å². The summed E-state index contributed by atoms with van der Waals surface area (Å²) in [4.78, 5) is 32.3. The van der Waals surface area contributed by atoms with Gasteiger partial charge in [0.05, 0.1) is 44.1 Å². The van der Waals surface area contributed by atoms with Crippen LogP contribution in [0.5, 0.6) is 11.5 Å². The minimum absolute atomic E-state index is 0.0200. The van der Waals surface area contributed by atoms with Crippen LogP contribution in [0.4, 0.5) is 0 Å². The number of rotatable bonds is 10. The molecule has 39 heavy (non-hydrogen) atoms. The molecule has 9 nitrogen and oxygen atoms in total. The van der Waals surface area contributed by atoms with Gasteiger partial charge in [0.15, 0.2) is 11.5 Å². The molecule has 2 amide bonds. The highest BCUT2D eigenvalue weighted by Gasteiger charge is 2.35. The lowest BCUT2D eigenvalue weighted by Crippen LogP contribution is -2.47. The van der Waals surface area contributed by atoms with Crippen LogP contribution >= 0.6 is 11.3 Å². The Hall–Kier alpha value is -2.95. The SMILES string of the molecule is COc1ccc([C@@H]2CC(c3cccs3)=NN2C(=O)CN(CCN2CCOCC2)C(=O)CC(C)(C)C)cc1OC. The first-order valence-corrected chi connectivity index (χ1v) is 14.3. The minimum atomic E-state index is -0.312. The molecule has 0 N–H and O–H groups in total. The Labute approximate surface area is 235 Å². The maximum absolute atomic E-state index is 13.9. The Bertz CT molecular complexity index is 1150. The lowest BCUT2D eigenvalue weighted by Gasteiger charge is -2.32. The Morgan fingerprint density at radius 1 is 1.13 bits per heavy atom. The van der Waals surface area contributed by atoms with Crippen LogP contribution in [0.15, 0.2) is 40.8 Å². The Balaban J connectivity index is 1.58. The highest BCUT2D eigenvalue weighted by Crippen LogP contribution is 2.38. The van der Waals surface area contributed by atoms with E-state index in [1.54, 1.807) is 35.5 Å². The Morgan fingerprint density at radius 2 is 1.87 bits per heavy atom. The third kappa shape index (κ3) is 7.58. The number of thiophene rings is 1. The number of methoxy groups -OCH3 is 2. The van der Waals surface area contributed by atoms with Gasteiger partial charge in [-0.2, -0.15) is 5.10 Å². The van der Waals surface area contributed by atoms with Crippen LogP contribution in [-0.4, -0.2) is 92.5 Å². The number of nitrogens with zero attached hydrogens (tertiary/aromatic N) is 4. The van der Waals surface area contributed by atoms with Crippen LogP contribution < -0.4 is 9.47 Å². The van der Waals surface area contributed by atoms with Gasteiger partial charge in [0.1, 0.15) is 6.54 Å². The molecule has 0 spiro atoms. The number of ether oxygens (including phenoxy) is 3. The summed E-state index contributed by atoms with van der Waals surface area (Å²) in [6.07, 6.45) is 0.942. The molecule has 3 heterocycles. The second kappa shape index (κ2) is 12.9. The number of amides is 2. The van der Waals surface area contributed by atoms with Gasteiger partial charge < -0.3 is 19.1 Å². The average molecular weight is 557 g/mol. The molecular formula is C29H40N4O5S. The molecule has 1 aromatic carbocycles. The van der Waals surface area contributed by atoms with Crippen molar-refractivity contribution in [1.29, 1.82) is 0 Å². The van der Waals surface area contributed by atoms with Crippen molar-refractivity contribution in [3.05, 3.63) is 46.2 Å². The van der Waals surface area contributed by atoms with E-state index in [9.17, 15) is 9.59 Å². The van der Waals surface area contributed by atoms with Gasteiger partial charge in [-0.15, -0.1) is 11.3 Å². The molecule has 0 unspecified atom stereocenters. The van der Waals surface area contributed by atoms with Crippen molar-refractivity contribution in [2.75, 3.05) is 60.2 Å². The fourth-order valence-electron chi connectivity index (χ4n) is 4.83. The highest BCUT2D eigenvalue weighted by atomic mass is 32.1. The number of benzene rings is 1. The second-order valence-electron chi connectivity index (χ2n) is 11.1. The molecule has 10 heteroatoms. The molecule has 0 aliphatic carbocycles. The molecule has 1 aromatic heterocycles. The predicted octanol–water partition coefficient (Wildman–Crippen LogP) is 4.04. The summed E-state index contributed by atoms with van der Waals surface area (Å²) >= 11 is 1.60. The normalized spacial score (nSPS) is 18.1. The third-order valence-electron chi connectivity index (χ3n) is 6.91. The summed E-state index contributed by atoms with van der Waals surface area (Å²) in [6, 6.07) is 9.38. The van der Waals surface area contributed by atoms with E-state index < -0.39 is 0 Å². The fraction of sp³-hybridized carbons (Fsp3) is 0.552. The number of hydrazone groups is 1. The van der Waals surface area contributed by atoms with Crippen LogP contribution in [0, 0.1) is 5.41 Å². The van der Waals surface area contributed by atoms with E-state index >= 15 is 0 Å². The largest absolute Gasteiger partial charge is 0.493 e. The van der Waals surface area contributed by atoms with Crippen LogP contribution in [0.1, 0.15) is 50.1 Å². The standard InChI is InChI=1S/C29H40N4O5S/c1-29(2,3)19-27(34)32(11-10-31-12-14-38-15-13-31)20-28(35)33-23(18-22(30-33)26-7-6-16-39-26)21-8-9-24(36-4)25(17-21)37-5/h6-9,16-17,23H,10-15,18-20H2,1-5H3/t23-/m0/s1. The number of morpholine rings is 1. The summed E-state index contributed by atoms with van der Waals surface area (Å²) in [5.74, 6) is 0.997. The molecule has 2 aliphatic rings. The zero-order chi connectivity index (χ0) is 28.0. The van der Waals surface area contributed by atoms with Crippen molar-refractivity contribution in [2.45, 2.75) is 39.7 Å². The fourth-order valence-corrected chi connectivity index (χ4v) is 5.55. The highest BCUT2D eigenvalue weighted by molar-refractivity contribution is 7.12. The van der Waals surface area contributed by atoms with E-state index in [1.807, 2.05) is 56.5 Å². The van der Waals surface area contributed by atoms with Crippen LogP contribution in [0.25, 0.3) is 0 Å². The number of carbonyl (C=O) groups is 2. The van der Waals surface area contributed by atoms with Crippen molar-refractivity contribution in [2.24, 2.45) is 10.5 Å². The molecule has 212 valence electrons. The topological polar surface area (TPSA) is 83.9 Å². The summed E-state index contributed by atoms with van der Waals surface area (Å²) in [5, 5.41) is 8.36. The zero-order valence-corrected chi connectivity index (χ0v) is 24.5. The number of hydrogen-bond acceptors (Lipinski definition) is 8. The molecule has 1 atom stereocenters. The molecule has 2 aromatic rings. The first-order valence-electron chi connectivity index (χ1n) is 13.4. The van der Waals surface area contributed by atoms with Crippen LogP contribution in [0.2, 0.25) is 0 Å². The first-order chi connectivity index (χ1) is 18.7. The molecule has 1 saturated heterocycles. The summed E-state index contributed by atoms with van der Waals surface area (Å²) in [6.45, 7) is 10.3. The number of carbonyl (C=O) groups excluding carboxylic acids is 2. The molecule has 0 radical (unpaired) electrons. The Kier molecular flexibility index (Phi) is 9.63. The number of hydrogen-bond donors (Lipinski definition) is 0. The van der Waals surface area contributed by atoms with Crippen molar-refractivity contribution in [1.82, 2.24) is 14.8 Å². The predicted molar refractivity (Wildman–Crippen MR) is 153 cm³/mol. The quantitative estimate of drug-likeness (QED) is 0.439. The van der Waals surface area contributed by atoms with Gasteiger partial charge in [0, 0.05) is 39.0 Å². The molecule has 2 aliphatic heterocycles. The maximum atomic E-state index is 13.9. The van der Waals surface area contributed by atoms with Gasteiger partial charge in [0.2, 0.25) is 5.91 Å². The minimum Gasteiger partial charge on any atom is -0.493 e. The zero-order valence-electron chi connectivity index (χ0n) is 23.6. The van der Waals surface area contributed by atoms with E-state index in [4.69, 9.17) is 19.3 Å².